The fourth-order valence-corrected chi connectivity index (χ4v) is 1.64. The van der Waals surface area contributed by atoms with Crippen LogP contribution in [0.5, 0.6) is 5.75 Å². The molecule has 0 saturated heterocycles. The molecule has 108 valence electrons. The summed E-state index contributed by atoms with van der Waals surface area (Å²) in [4.78, 5) is 33.4. The standard InChI is InChI=1S/C12H13ClN2O5/c13-6-1-2-7(9(16)5-6)11(18)15-8(12(19)20)3-4-10(14)17/h1-2,5,8,16H,3-4H2,(H2,14,17)(H,15,18)(H,19,20). The third kappa shape index (κ3) is 4.43. The summed E-state index contributed by atoms with van der Waals surface area (Å²) in [7, 11) is 0. The lowest BCUT2D eigenvalue weighted by molar-refractivity contribution is -0.139. The predicted octanol–water partition coefficient (Wildman–Crippen LogP) is 0.494. The fourth-order valence-electron chi connectivity index (χ4n) is 1.48. The van der Waals surface area contributed by atoms with E-state index in [4.69, 9.17) is 22.4 Å². The van der Waals surface area contributed by atoms with Gasteiger partial charge in [0.15, 0.2) is 0 Å². The van der Waals surface area contributed by atoms with Gasteiger partial charge in [0.1, 0.15) is 11.8 Å². The maximum Gasteiger partial charge on any atom is 0.326 e. The van der Waals surface area contributed by atoms with E-state index in [2.05, 4.69) is 5.32 Å². The average Bonchev–Trinajstić information content (AvgIpc) is 2.33. The topological polar surface area (TPSA) is 130 Å². The van der Waals surface area contributed by atoms with E-state index >= 15 is 0 Å². The molecule has 1 aromatic carbocycles. The van der Waals surface area contributed by atoms with Gasteiger partial charge in [-0.2, -0.15) is 0 Å². The number of phenols is 1. The molecule has 0 fully saturated rings. The zero-order valence-electron chi connectivity index (χ0n) is 10.3. The molecule has 0 spiro atoms. The molecule has 1 unspecified atom stereocenters. The number of rotatable bonds is 6. The number of nitrogens with one attached hydrogen (secondary N) is 1. The molecule has 0 radical (unpaired) electrons. The number of aromatic hydroxyl groups is 1. The van der Waals surface area contributed by atoms with Crippen molar-refractivity contribution in [2.45, 2.75) is 18.9 Å². The third-order valence-electron chi connectivity index (χ3n) is 2.49. The van der Waals surface area contributed by atoms with Gasteiger partial charge in [-0.15, -0.1) is 0 Å². The molecule has 1 atom stereocenters. The van der Waals surface area contributed by atoms with E-state index in [1.165, 1.54) is 12.1 Å². The first kappa shape index (κ1) is 15.8. The van der Waals surface area contributed by atoms with Gasteiger partial charge in [0.2, 0.25) is 5.91 Å². The minimum Gasteiger partial charge on any atom is -0.507 e. The average molecular weight is 301 g/mol. The maximum absolute atomic E-state index is 11.8. The van der Waals surface area contributed by atoms with Gasteiger partial charge in [-0.05, 0) is 24.6 Å². The van der Waals surface area contributed by atoms with Crippen LogP contribution in [-0.4, -0.2) is 34.0 Å². The van der Waals surface area contributed by atoms with E-state index in [-0.39, 0.29) is 29.2 Å². The van der Waals surface area contributed by atoms with Gasteiger partial charge >= 0.3 is 5.97 Å². The number of phenolic OH excluding ortho intramolecular Hbond substituents is 1. The molecule has 0 aromatic heterocycles. The van der Waals surface area contributed by atoms with Crippen molar-refractivity contribution in [1.29, 1.82) is 0 Å². The number of carbonyl (C=O) groups is 3. The van der Waals surface area contributed by atoms with Crippen LogP contribution >= 0.6 is 11.6 Å². The van der Waals surface area contributed by atoms with Crippen molar-refractivity contribution < 1.29 is 24.6 Å². The lowest BCUT2D eigenvalue weighted by atomic mass is 10.1. The van der Waals surface area contributed by atoms with E-state index < -0.39 is 23.8 Å². The Kier molecular flexibility index (Phi) is 5.33. The SMILES string of the molecule is NC(=O)CCC(NC(=O)c1ccc(Cl)cc1O)C(=O)O. The van der Waals surface area contributed by atoms with E-state index in [0.29, 0.717) is 0 Å². The lowest BCUT2D eigenvalue weighted by Crippen LogP contribution is -2.41. The molecule has 0 aliphatic heterocycles. The molecule has 20 heavy (non-hydrogen) atoms. The van der Waals surface area contributed by atoms with Crippen molar-refractivity contribution in [3.8, 4) is 5.75 Å². The molecule has 0 saturated carbocycles. The Balaban J connectivity index is 2.80. The number of halogens is 1. The summed E-state index contributed by atoms with van der Waals surface area (Å²) < 4.78 is 0. The Morgan fingerprint density at radius 2 is 2.00 bits per heavy atom. The molecule has 8 heteroatoms. The largest absolute Gasteiger partial charge is 0.507 e. The van der Waals surface area contributed by atoms with Gasteiger partial charge in [-0.25, -0.2) is 4.79 Å². The maximum atomic E-state index is 11.8. The summed E-state index contributed by atoms with van der Waals surface area (Å²) in [5.74, 6) is -3.11. The number of nitrogens with two attached hydrogens (primary N) is 1. The van der Waals surface area contributed by atoms with Crippen molar-refractivity contribution in [2.24, 2.45) is 5.73 Å². The first-order valence-corrected chi connectivity index (χ1v) is 5.99. The number of carboxylic acid groups (broad SMARTS) is 1. The number of carboxylic acids is 1. The summed E-state index contributed by atoms with van der Waals surface area (Å²) in [6.45, 7) is 0. The summed E-state index contributed by atoms with van der Waals surface area (Å²) in [6.07, 6.45) is -0.311. The number of benzene rings is 1. The second kappa shape index (κ2) is 6.76. The molecule has 0 bridgehead atoms. The molecule has 2 amide bonds. The molecule has 7 nitrogen and oxygen atoms in total. The van der Waals surface area contributed by atoms with Crippen molar-refractivity contribution >= 4 is 29.4 Å². The first-order valence-electron chi connectivity index (χ1n) is 5.61. The van der Waals surface area contributed by atoms with Gasteiger partial charge in [-0.1, -0.05) is 11.6 Å². The lowest BCUT2D eigenvalue weighted by Gasteiger charge is -2.14. The van der Waals surface area contributed by atoms with Crippen LogP contribution in [0.25, 0.3) is 0 Å². The van der Waals surface area contributed by atoms with E-state index in [1.807, 2.05) is 0 Å². The molecule has 0 heterocycles. The third-order valence-corrected chi connectivity index (χ3v) is 2.72. The van der Waals surface area contributed by atoms with E-state index in [9.17, 15) is 19.5 Å². The van der Waals surface area contributed by atoms with Gasteiger partial charge in [-0.3, -0.25) is 9.59 Å². The number of hydrogen-bond acceptors (Lipinski definition) is 4. The quantitative estimate of drug-likeness (QED) is 0.607. The molecule has 0 aliphatic carbocycles. The highest BCUT2D eigenvalue weighted by Crippen LogP contribution is 2.21. The molecule has 1 aromatic rings. The number of hydrogen-bond donors (Lipinski definition) is 4. The monoisotopic (exact) mass is 300 g/mol. The number of carbonyl (C=O) groups excluding carboxylic acids is 2. The molecule has 0 aliphatic rings. The zero-order chi connectivity index (χ0) is 15.3. The second-order valence-corrected chi connectivity index (χ2v) is 4.47. The van der Waals surface area contributed by atoms with Gasteiger partial charge in [0.25, 0.3) is 5.91 Å². The van der Waals surface area contributed by atoms with Crippen molar-refractivity contribution in [3.63, 3.8) is 0 Å². The van der Waals surface area contributed by atoms with Crippen LogP contribution in [0, 0.1) is 0 Å². The molecular formula is C12H13ClN2O5. The summed E-state index contributed by atoms with van der Waals surface area (Å²) in [5, 5.41) is 20.9. The highest BCUT2D eigenvalue weighted by atomic mass is 35.5. The zero-order valence-corrected chi connectivity index (χ0v) is 11.1. The number of primary amides is 1. The van der Waals surface area contributed by atoms with Gasteiger partial charge < -0.3 is 21.3 Å². The first-order chi connectivity index (χ1) is 9.31. The van der Waals surface area contributed by atoms with Crippen LogP contribution < -0.4 is 11.1 Å². The number of aliphatic carboxylic acids is 1. The summed E-state index contributed by atoms with van der Waals surface area (Å²) in [5.41, 5.74) is 4.81. The highest BCUT2D eigenvalue weighted by Gasteiger charge is 2.22. The Bertz CT molecular complexity index is 547. The van der Waals surface area contributed by atoms with Crippen LogP contribution in [0.1, 0.15) is 23.2 Å². The van der Waals surface area contributed by atoms with E-state index in [0.717, 1.165) is 6.07 Å². The minimum atomic E-state index is -1.30. The van der Waals surface area contributed by atoms with Crippen molar-refractivity contribution in [1.82, 2.24) is 5.32 Å². The smallest absolute Gasteiger partial charge is 0.326 e. The summed E-state index contributed by atoms with van der Waals surface area (Å²) >= 11 is 5.63. The normalized spacial score (nSPS) is 11.7. The van der Waals surface area contributed by atoms with Crippen molar-refractivity contribution in [2.75, 3.05) is 0 Å². The Hall–Kier alpha value is -2.28. The van der Waals surface area contributed by atoms with Crippen LogP contribution in [0.3, 0.4) is 0 Å². The second-order valence-electron chi connectivity index (χ2n) is 4.03. The molecule has 5 N–H and O–H groups in total. The Morgan fingerprint density at radius 1 is 1.35 bits per heavy atom. The number of amides is 2. The van der Waals surface area contributed by atoms with Gasteiger partial charge in [0.05, 0.1) is 5.56 Å². The van der Waals surface area contributed by atoms with E-state index in [1.54, 1.807) is 0 Å². The molecule has 1 rings (SSSR count). The van der Waals surface area contributed by atoms with Crippen LogP contribution in [0.15, 0.2) is 18.2 Å². The van der Waals surface area contributed by atoms with Crippen LogP contribution in [-0.2, 0) is 9.59 Å². The van der Waals surface area contributed by atoms with Crippen LogP contribution in [0.2, 0.25) is 5.02 Å². The Labute approximate surface area is 119 Å². The van der Waals surface area contributed by atoms with Gasteiger partial charge in [0, 0.05) is 11.4 Å². The molecular weight excluding hydrogens is 288 g/mol. The minimum absolute atomic E-state index is 0.111. The highest BCUT2D eigenvalue weighted by molar-refractivity contribution is 6.30. The Morgan fingerprint density at radius 3 is 2.50 bits per heavy atom. The fraction of sp³-hybridized carbons (Fsp3) is 0.250. The van der Waals surface area contributed by atoms with Crippen LogP contribution in [0.4, 0.5) is 0 Å². The predicted molar refractivity (Wildman–Crippen MR) is 70.4 cm³/mol. The summed E-state index contributed by atoms with van der Waals surface area (Å²) in [6, 6.07) is 2.54. The van der Waals surface area contributed by atoms with Crippen molar-refractivity contribution in [3.05, 3.63) is 28.8 Å².